The summed E-state index contributed by atoms with van der Waals surface area (Å²) < 4.78 is 60.4. The van der Waals surface area contributed by atoms with E-state index in [0.717, 1.165) is 20.9 Å². The molecule has 266 valence electrons. The van der Waals surface area contributed by atoms with Crippen molar-refractivity contribution in [2.45, 2.75) is 27.2 Å². The first-order valence-corrected chi connectivity index (χ1v) is 17.6. The minimum atomic E-state index is -4.51. The quantitative estimate of drug-likeness (QED) is 0.117. The fraction of sp³-hybridized carbons (Fsp3) is 0.220. The van der Waals surface area contributed by atoms with Crippen molar-refractivity contribution in [1.82, 2.24) is 4.48 Å². The predicted molar refractivity (Wildman–Crippen MR) is 202 cm³/mol. The summed E-state index contributed by atoms with van der Waals surface area (Å²) in [6, 6.07) is 30.8. The second kappa shape index (κ2) is 14.9. The number of hydrogen-bond donors (Lipinski definition) is 1. The number of hydrogen-bond acceptors (Lipinski definition) is 6. The minimum absolute atomic E-state index is 0.120. The summed E-state index contributed by atoms with van der Waals surface area (Å²) in [6.07, 6.45) is 2.64. The molecule has 2 aliphatic rings. The van der Waals surface area contributed by atoms with Crippen LogP contribution < -0.4 is 18.9 Å². The Hall–Kier alpha value is -5.68. The van der Waals surface area contributed by atoms with Crippen molar-refractivity contribution in [1.29, 1.82) is 0 Å². The van der Waals surface area contributed by atoms with Gasteiger partial charge in [-0.3, -0.25) is 0 Å². The number of benzene rings is 4. The van der Waals surface area contributed by atoms with Crippen LogP contribution in [-0.2, 0) is 0 Å². The lowest BCUT2D eigenvalue weighted by Crippen LogP contribution is -2.53. The van der Waals surface area contributed by atoms with Crippen LogP contribution in [0.25, 0.3) is 28.0 Å². The Morgan fingerprint density at radius 2 is 1.15 bits per heavy atom. The van der Waals surface area contributed by atoms with Gasteiger partial charge in [-0.15, -0.1) is 0 Å². The number of halogens is 2. The number of aliphatic hydroxyl groups is 1. The molecule has 8 nitrogen and oxygen atoms in total. The van der Waals surface area contributed by atoms with Gasteiger partial charge in [-0.1, -0.05) is 31.2 Å². The van der Waals surface area contributed by atoms with Crippen molar-refractivity contribution >= 4 is 29.9 Å². The molecule has 5 aromatic rings. The molecule has 0 unspecified atom stereocenters. The fourth-order valence-corrected chi connectivity index (χ4v) is 6.59. The first-order chi connectivity index (χ1) is 25.4. The van der Waals surface area contributed by atoms with E-state index in [1.165, 1.54) is 0 Å². The number of allylic oxidation sites excluding steroid dienone is 1. The summed E-state index contributed by atoms with van der Waals surface area (Å²) in [4.78, 5) is 5.10. The van der Waals surface area contributed by atoms with E-state index in [0.29, 0.717) is 82.1 Å². The van der Waals surface area contributed by atoms with Crippen molar-refractivity contribution < 1.29 is 37.2 Å². The van der Waals surface area contributed by atoms with E-state index in [-0.39, 0.29) is 24.9 Å². The molecule has 0 atom stereocenters. The largest absolute Gasteiger partial charge is 0.642 e. The van der Waals surface area contributed by atoms with Crippen molar-refractivity contribution in [2.24, 2.45) is 4.99 Å². The van der Waals surface area contributed by atoms with Crippen molar-refractivity contribution in [3.63, 3.8) is 0 Å². The van der Waals surface area contributed by atoms with E-state index in [1.54, 1.807) is 72.8 Å². The van der Waals surface area contributed by atoms with E-state index in [2.05, 4.69) is 0 Å². The Balaban J connectivity index is 1.44. The maximum absolute atomic E-state index is 17.8. The molecule has 0 radical (unpaired) electrons. The third-order valence-electron chi connectivity index (χ3n) is 8.94. The van der Waals surface area contributed by atoms with Crippen LogP contribution in [0.15, 0.2) is 114 Å². The Kier molecular flexibility index (Phi) is 9.96. The molecular formula is C41H40BF2N3O5. The number of amidine groups is 1. The predicted octanol–water partition coefficient (Wildman–Crippen LogP) is 8.64. The van der Waals surface area contributed by atoms with Crippen LogP contribution in [0.5, 0.6) is 23.0 Å². The molecule has 1 N–H and O–H groups in total. The molecule has 0 bridgehead atoms. The Morgan fingerprint density at radius 1 is 0.654 bits per heavy atom. The average Bonchev–Trinajstić information content (AvgIpc) is 3.75. The lowest BCUT2D eigenvalue weighted by Gasteiger charge is -2.32. The summed E-state index contributed by atoms with van der Waals surface area (Å²) in [5, 5.41) is 9.21. The van der Waals surface area contributed by atoms with Crippen molar-refractivity contribution in [2.75, 3.05) is 33.0 Å². The minimum Gasteiger partial charge on any atom is -0.494 e. The monoisotopic (exact) mass is 703 g/mol. The first-order valence-electron chi connectivity index (χ1n) is 17.6. The molecule has 0 amide bonds. The molecule has 52 heavy (non-hydrogen) atoms. The van der Waals surface area contributed by atoms with Gasteiger partial charge in [0.05, 0.1) is 37.7 Å². The molecule has 1 aromatic heterocycles. The zero-order chi connectivity index (χ0) is 36.2. The number of aromatic nitrogens is 1. The second-order valence-corrected chi connectivity index (χ2v) is 12.4. The molecule has 7 rings (SSSR count). The van der Waals surface area contributed by atoms with Gasteiger partial charge in [0, 0.05) is 16.8 Å². The molecule has 4 aromatic carbocycles. The Morgan fingerprint density at radius 3 is 1.69 bits per heavy atom. The molecule has 2 aliphatic heterocycles. The van der Waals surface area contributed by atoms with Gasteiger partial charge in [-0.2, -0.15) is 0 Å². The van der Waals surface area contributed by atoms with Crippen LogP contribution in [0.1, 0.15) is 38.3 Å². The second-order valence-electron chi connectivity index (χ2n) is 12.4. The maximum atomic E-state index is 17.8. The van der Waals surface area contributed by atoms with Crippen LogP contribution in [0.4, 0.5) is 14.4 Å². The number of aliphatic hydroxyl groups excluding tert-OH is 1. The maximum Gasteiger partial charge on any atom is 0.642 e. The van der Waals surface area contributed by atoms with E-state index >= 15 is 8.63 Å². The number of fused-ring (bicyclic) bond motifs is 2. The Bertz CT molecular complexity index is 2140. The first kappa shape index (κ1) is 34.8. The van der Waals surface area contributed by atoms with E-state index < -0.39 is 6.97 Å². The summed E-state index contributed by atoms with van der Waals surface area (Å²) in [5.41, 5.74) is 4.39. The van der Waals surface area contributed by atoms with Crippen LogP contribution >= 0.6 is 0 Å². The SMILES string of the molecule is CCCOc1ccc(-c2cc(-c3ccc(OCC)cc3)n3c2N=C2C(c4ccc(OCCO)cc4)=CC(c4ccc(OCC)cc4)=[N+]2[B-]3(F)F)cc1. The highest BCUT2D eigenvalue weighted by molar-refractivity contribution is 6.63. The van der Waals surface area contributed by atoms with Crippen LogP contribution in [-0.4, -0.2) is 65.6 Å². The summed E-state index contributed by atoms with van der Waals surface area (Å²) in [6.45, 7) is 2.92. The van der Waals surface area contributed by atoms with Crippen LogP contribution in [0, 0.1) is 0 Å². The molecule has 0 spiro atoms. The zero-order valence-electron chi connectivity index (χ0n) is 29.4. The normalized spacial score (nSPS) is 14.3. The van der Waals surface area contributed by atoms with E-state index in [1.807, 2.05) is 57.2 Å². The smallest absolute Gasteiger partial charge is 0.494 e. The number of aliphatic imine (C=N–C) groups is 1. The fourth-order valence-electron chi connectivity index (χ4n) is 6.59. The molecule has 0 saturated heterocycles. The lowest BCUT2D eigenvalue weighted by molar-refractivity contribution is -0.291. The van der Waals surface area contributed by atoms with Gasteiger partial charge in [0.15, 0.2) is 0 Å². The van der Waals surface area contributed by atoms with Gasteiger partial charge < -0.3 is 41.6 Å². The molecule has 11 heteroatoms. The molecule has 3 heterocycles. The van der Waals surface area contributed by atoms with Gasteiger partial charge in [0.25, 0.3) is 5.84 Å². The molecular weight excluding hydrogens is 663 g/mol. The van der Waals surface area contributed by atoms with Crippen molar-refractivity contribution in [3.05, 3.63) is 120 Å². The van der Waals surface area contributed by atoms with E-state index in [4.69, 9.17) is 23.9 Å². The van der Waals surface area contributed by atoms with Gasteiger partial charge in [-0.25, -0.2) is 0 Å². The van der Waals surface area contributed by atoms with Gasteiger partial charge in [0.1, 0.15) is 29.6 Å². The highest BCUT2D eigenvalue weighted by atomic mass is 19.2. The van der Waals surface area contributed by atoms with E-state index in [9.17, 15) is 5.11 Å². The third kappa shape index (κ3) is 6.59. The van der Waals surface area contributed by atoms with Gasteiger partial charge in [-0.05, 0) is 127 Å². The van der Waals surface area contributed by atoms with Crippen molar-refractivity contribution in [3.8, 4) is 45.4 Å². The van der Waals surface area contributed by atoms with Gasteiger partial charge >= 0.3 is 6.97 Å². The molecule has 0 aliphatic carbocycles. The standard InChI is InChI=1S/C41H40BF2N3O5/c1-4-24-51-34-15-7-28(8-16-34)36-26-38(30-11-19-32(20-12-30)49-5-2)46-40(36)45-41-37(29-9-17-35(18-10-29)52-25-23-48)27-39(47(41)42(46,43)44)31-13-21-33(22-14-31)50-6-3/h7-22,26-27,48H,4-6,23-25H2,1-3H3. The molecule has 0 saturated carbocycles. The number of ether oxygens (including phenoxy) is 4. The Labute approximate surface area is 302 Å². The van der Waals surface area contributed by atoms with Gasteiger partial charge in [0.2, 0.25) is 5.82 Å². The number of rotatable bonds is 14. The lowest BCUT2D eigenvalue weighted by atomic mass is 9.90. The number of nitrogens with zero attached hydrogens (tertiary/aromatic N) is 3. The average molecular weight is 704 g/mol. The highest BCUT2D eigenvalue weighted by Crippen LogP contribution is 2.46. The molecule has 0 fully saturated rings. The highest BCUT2D eigenvalue weighted by Gasteiger charge is 2.53. The summed E-state index contributed by atoms with van der Waals surface area (Å²) in [5.74, 6) is 2.88. The summed E-state index contributed by atoms with van der Waals surface area (Å²) >= 11 is 0. The topological polar surface area (TPSA) is 77.5 Å². The third-order valence-corrected chi connectivity index (χ3v) is 8.94. The summed E-state index contributed by atoms with van der Waals surface area (Å²) in [7, 11) is 0. The zero-order valence-corrected chi connectivity index (χ0v) is 29.4. The van der Waals surface area contributed by atoms with Crippen LogP contribution in [0.3, 0.4) is 0 Å². The van der Waals surface area contributed by atoms with Crippen LogP contribution in [0.2, 0.25) is 0 Å².